The minimum atomic E-state index is -0.0106. The van der Waals surface area contributed by atoms with Crippen LogP contribution in [0.1, 0.15) is 17.3 Å². The third kappa shape index (κ3) is 2.30. The SMILES string of the molecule is CC(=O)c1cnc(N2CCOCC2)nc1. The van der Waals surface area contributed by atoms with Gasteiger partial charge in [-0.3, -0.25) is 4.79 Å². The van der Waals surface area contributed by atoms with Crippen molar-refractivity contribution in [3.05, 3.63) is 18.0 Å². The Morgan fingerprint density at radius 2 is 1.93 bits per heavy atom. The molecule has 1 aromatic heterocycles. The van der Waals surface area contributed by atoms with E-state index in [1.807, 2.05) is 4.90 Å². The molecule has 0 aliphatic carbocycles. The highest BCUT2D eigenvalue weighted by molar-refractivity contribution is 5.93. The van der Waals surface area contributed by atoms with E-state index in [0.29, 0.717) is 24.7 Å². The third-order valence-electron chi connectivity index (χ3n) is 2.34. The lowest BCUT2D eigenvalue weighted by Gasteiger charge is -2.26. The van der Waals surface area contributed by atoms with Crippen molar-refractivity contribution in [3.8, 4) is 0 Å². The minimum absolute atomic E-state index is 0.0106. The molecule has 5 heteroatoms. The number of ether oxygens (including phenoxy) is 1. The molecule has 0 spiro atoms. The first-order chi connectivity index (χ1) is 7.27. The van der Waals surface area contributed by atoms with E-state index >= 15 is 0 Å². The van der Waals surface area contributed by atoms with Gasteiger partial charge in [0.05, 0.1) is 18.8 Å². The van der Waals surface area contributed by atoms with E-state index in [1.165, 1.54) is 6.92 Å². The lowest BCUT2D eigenvalue weighted by Crippen LogP contribution is -2.37. The second-order valence-electron chi connectivity index (χ2n) is 3.43. The highest BCUT2D eigenvalue weighted by atomic mass is 16.5. The molecule has 1 aliphatic rings. The average molecular weight is 207 g/mol. The molecule has 0 saturated carbocycles. The normalized spacial score (nSPS) is 16.5. The van der Waals surface area contributed by atoms with Crippen molar-refractivity contribution in [3.63, 3.8) is 0 Å². The molecular weight excluding hydrogens is 194 g/mol. The predicted octanol–water partition coefficient (Wildman–Crippen LogP) is 0.516. The van der Waals surface area contributed by atoms with Crippen molar-refractivity contribution in [2.75, 3.05) is 31.2 Å². The maximum absolute atomic E-state index is 11.0. The van der Waals surface area contributed by atoms with E-state index in [4.69, 9.17) is 4.74 Å². The molecule has 1 fully saturated rings. The van der Waals surface area contributed by atoms with Crippen LogP contribution in [0.4, 0.5) is 5.95 Å². The van der Waals surface area contributed by atoms with Crippen LogP contribution >= 0.6 is 0 Å². The summed E-state index contributed by atoms with van der Waals surface area (Å²) in [7, 11) is 0. The minimum Gasteiger partial charge on any atom is -0.378 e. The van der Waals surface area contributed by atoms with Gasteiger partial charge in [-0.15, -0.1) is 0 Å². The zero-order valence-corrected chi connectivity index (χ0v) is 8.64. The average Bonchev–Trinajstić information content (AvgIpc) is 2.30. The van der Waals surface area contributed by atoms with Crippen LogP contribution in [0.15, 0.2) is 12.4 Å². The molecule has 0 N–H and O–H groups in total. The Morgan fingerprint density at radius 1 is 1.33 bits per heavy atom. The summed E-state index contributed by atoms with van der Waals surface area (Å²) in [4.78, 5) is 21.4. The first-order valence-corrected chi connectivity index (χ1v) is 4.93. The summed E-state index contributed by atoms with van der Waals surface area (Å²) >= 11 is 0. The van der Waals surface area contributed by atoms with Crippen LogP contribution in [0, 0.1) is 0 Å². The fraction of sp³-hybridized carbons (Fsp3) is 0.500. The Morgan fingerprint density at radius 3 is 2.47 bits per heavy atom. The number of hydrogen-bond donors (Lipinski definition) is 0. The molecule has 1 aromatic rings. The lowest BCUT2D eigenvalue weighted by atomic mass is 10.2. The van der Waals surface area contributed by atoms with Gasteiger partial charge in [0.1, 0.15) is 0 Å². The van der Waals surface area contributed by atoms with Gasteiger partial charge in [0.2, 0.25) is 5.95 Å². The van der Waals surface area contributed by atoms with E-state index < -0.39 is 0 Å². The molecule has 2 rings (SSSR count). The number of hydrogen-bond acceptors (Lipinski definition) is 5. The van der Waals surface area contributed by atoms with Gasteiger partial charge in [-0.05, 0) is 6.92 Å². The standard InChI is InChI=1S/C10H13N3O2/c1-8(14)9-6-11-10(12-7-9)13-2-4-15-5-3-13/h6-7H,2-5H2,1H3. The van der Waals surface area contributed by atoms with Crippen LogP contribution in [-0.4, -0.2) is 42.1 Å². The van der Waals surface area contributed by atoms with Gasteiger partial charge in [0.25, 0.3) is 0 Å². The Hall–Kier alpha value is -1.49. The van der Waals surface area contributed by atoms with E-state index in [1.54, 1.807) is 12.4 Å². The van der Waals surface area contributed by atoms with Gasteiger partial charge >= 0.3 is 0 Å². The van der Waals surface area contributed by atoms with Gasteiger partial charge in [-0.2, -0.15) is 0 Å². The molecule has 0 aromatic carbocycles. The molecule has 0 atom stereocenters. The molecule has 80 valence electrons. The number of nitrogens with zero attached hydrogens (tertiary/aromatic N) is 3. The molecule has 0 bridgehead atoms. The summed E-state index contributed by atoms with van der Waals surface area (Å²) in [5, 5.41) is 0. The van der Waals surface area contributed by atoms with Crippen molar-refractivity contribution in [2.45, 2.75) is 6.92 Å². The van der Waals surface area contributed by atoms with E-state index in [0.717, 1.165) is 13.1 Å². The molecule has 0 radical (unpaired) electrons. The van der Waals surface area contributed by atoms with Gasteiger partial charge in [0.15, 0.2) is 5.78 Å². The smallest absolute Gasteiger partial charge is 0.225 e. The molecule has 2 heterocycles. The number of carbonyl (C=O) groups excluding carboxylic acids is 1. The van der Waals surface area contributed by atoms with E-state index in [-0.39, 0.29) is 5.78 Å². The Balaban J connectivity index is 2.11. The zero-order chi connectivity index (χ0) is 10.7. The summed E-state index contributed by atoms with van der Waals surface area (Å²) in [5.74, 6) is 0.659. The van der Waals surface area contributed by atoms with E-state index in [9.17, 15) is 4.79 Å². The molecule has 15 heavy (non-hydrogen) atoms. The molecule has 5 nitrogen and oxygen atoms in total. The Kier molecular flexibility index (Phi) is 2.91. The predicted molar refractivity (Wildman–Crippen MR) is 55.1 cm³/mol. The van der Waals surface area contributed by atoms with Crippen LogP contribution < -0.4 is 4.90 Å². The largest absolute Gasteiger partial charge is 0.378 e. The molecule has 1 saturated heterocycles. The van der Waals surface area contributed by atoms with Gasteiger partial charge in [-0.25, -0.2) is 9.97 Å². The number of ketones is 1. The maximum Gasteiger partial charge on any atom is 0.225 e. The summed E-state index contributed by atoms with van der Waals surface area (Å²) in [6.45, 7) is 4.53. The summed E-state index contributed by atoms with van der Waals surface area (Å²) in [6.07, 6.45) is 3.14. The van der Waals surface area contributed by atoms with E-state index in [2.05, 4.69) is 9.97 Å². The van der Waals surface area contributed by atoms with Crippen LogP contribution in [0.25, 0.3) is 0 Å². The second kappa shape index (κ2) is 4.35. The third-order valence-corrected chi connectivity index (χ3v) is 2.34. The molecule has 0 amide bonds. The second-order valence-corrected chi connectivity index (χ2v) is 3.43. The summed E-state index contributed by atoms with van der Waals surface area (Å²) < 4.78 is 5.23. The number of morpholine rings is 1. The highest BCUT2D eigenvalue weighted by Gasteiger charge is 2.13. The van der Waals surface area contributed by atoms with Gasteiger partial charge in [0, 0.05) is 25.5 Å². The number of rotatable bonds is 2. The van der Waals surface area contributed by atoms with Crippen LogP contribution in [0.5, 0.6) is 0 Å². The number of carbonyl (C=O) groups is 1. The maximum atomic E-state index is 11.0. The van der Waals surface area contributed by atoms with Crippen molar-refractivity contribution < 1.29 is 9.53 Å². The summed E-state index contributed by atoms with van der Waals surface area (Å²) in [5.41, 5.74) is 0.548. The molecular formula is C10H13N3O2. The van der Waals surface area contributed by atoms with Gasteiger partial charge < -0.3 is 9.64 Å². The first-order valence-electron chi connectivity index (χ1n) is 4.93. The van der Waals surface area contributed by atoms with Crippen LogP contribution in [0.2, 0.25) is 0 Å². The molecule has 0 unspecified atom stereocenters. The number of anilines is 1. The van der Waals surface area contributed by atoms with Crippen molar-refractivity contribution in [1.82, 2.24) is 9.97 Å². The van der Waals surface area contributed by atoms with Crippen molar-refractivity contribution in [2.24, 2.45) is 0 Å². The van der Waals surface area contributed by atoms with Crippen LogP contribution in [0.3, 0.4) is 0 Å². The Labute approximate surface area is 88.1 Å². The molecule has 1 aliphatic heterocycles. The quantitative estimate of drug-likeness (QED) is 0.661. The van der Waals surface area contributed by atoms with Crippen molar-refractivity contribution in [1.29, 1.82) is 0 Å². The fourth-order valence-electron chi connectivity index (χ4n) is 1.43. The highest BCUT2D eigenvalue weighted by Crippen LogP contribution is 2.09. The zero-order valence-electron chi connectivity index (χ0n) is 8.64. The van der Waals surface area contributed by atoms with Crippen LogP contribution in [-0.2, 0) is 4.74 Å². The summed E-state index contributed by atoms with van der Waals surface area (Å²) in [6, 6.07) is 0. The lowest BCUT2D eigenvalue weighted by molar-refractivity contribution is 0.101. The number of aromatic nitrogens is 2. The first kappa shape index (κ1) is 10.0. The number of Topliss-reactive ketones (excluding diaryl/α,β-unsaturated/α-hetero) is 1. The topological polar surface area (TPSA) is 55.3 Å². The van der Waals surface area contributed by atoms with Crippen molar-refractivity contribution >= 4 is 11.7 Å². The van der Waals surface area contributed by atoms with Gasteiger partial charge in [-0.1, -0.05) is 0 Å². The fourth-order valence-corrected chi connectivity index (χ4v) is 1.43. The Bertz CT molecular complexity index is 344. The monoisotopic (exact) mass is 207 g/mol.